The number of nitrogens with one attached hydrogen (secondary N) is 1. The number of methoxy groups -OCH3 is 1. The molecule has 1 unspecified atom stereocenters. The van der Waals surface area contributed by atoms with Crippen molar-refractivity contribution in [3.63, 3.8) is 0 Å². The molecule has 3 aliphatic rings. The van der Waals surface area contributed by atoms with Gasteiger partial charge in [-0.2, -0.15) is 0 Å². The largest absolute Gasteiger partial charge is 0.497 e. The van der Waals surface area contributed by atoms with Gasteiger partial charge in [-0.1, -0.05) is 56.3 Å². The quantitative estimate of drug-likeness (QED) is 0.323. The number of quaternary nitrogens is 1. The number of hydrogen-bond acceptors (Lipinski definition) is 2. The average molecular weight is 526 g/mol. The van der Waals surface area contributed by atoms with E-state index in [1.54, 1.807) is 7.11 Å². The number of fused-ring (bicyclic) bond motifs is 2. The molecular weight excluding hydrogens is 480 g/mol. The van der Waals surface area contributed by atoms with Crippen LogP contribution in [0, 0.1) is 17.8 Å². The Morgan fingerprint density at radius 3 is 2.59 bits per heavy atom. The summed E-state index contributed by atoms with van der Waals surface area (Å²) >= 11 is 0. The summed E-state index contributed by atoms with van der Waals surface area (Å²) in [5.41, 5.74) is 2.24. The van der Waals surface area contributed by atoms with Gasteiger partial charge in [0.05, 0.1) is 33.3 Å². The number of nitrogens with zero attached hydrogens (tertiary/aromatic N) is 1. The lowest BCUT2D eigenvalue weighted by Crippen LogP contribution is -2.64. The summed E-state index contributed by atoms with van der Waals surface area (Å²) < 4.78 is 6.99. The first-order valence-corrected chi connectivity index (χ1v) is 15.2. The molecule has 2 saturated carbocycles. The van der Waals surface area contributed by atoms with Crippen LogP contribution in [0.3, 0.4) is 0 Å². The Kier molecular flexibility index (Phi) is 7.18. The molecule has 0 radical (unpaired) electrons. The van der Waals surface area contributed by atoms with E-state index in [0.29, 0.717) is 11.8 Å². The smallest absolute Gasteiger partial charge is 0.251 e. The summed E-state index contributed by atoms with van der Waals surface area (Å²) in [7, 11) is 1.77. The lowest BCUT2D eigenvalue weighted by Gasteiger charge is -2.57. The van der Waals surface area contributed by atoms with Crippen molar-refractivity contribution in [2.24, 2.45) is 17.8 Å². The number of ether oxygens (including phenoxy) is 1. The van der Waals surface area contributed by atoms with Gasteiger partial charge >= 0.3 is 0 Å². The summed E-state index contributed by atoms with van der Waals surface area (Å²) in [5.74, 6) is 3.27. The lowest BCUT2D eigenvalue weighted by atomic mass is 9.57. The summed E-state index contributed by atoms with van der Waals surface area (Å²) in [5, 5.41) is 5.76. The highest BCUT2D eigenvalue weighted by Gasteiger charge is 2.54. The molecule has 3 aromatic carbocycles. The van der Waals surface area contributed by atoms with Gasteiger partial charge in [-0.05, 0) is 72.7 Å². The summed E-state index contributed by atoms with van der Waals surface area (Å²) in [4.78, 5) is 13.5. The highest BCUT2D eigenvalue weighted by atomic mass is 16.5. The molecule has 4 atom stereocenters. The van der Waals surface area contributed by atoms with Gasteiger partial charge in [-0.15, -0.1) is 0 Å². The minimum absolute atomic E-state index is 0.0551. The Morgan fingerprint density at radius 2 is 1.82 bits per heavy atom. The summed E-state index contributed by atoms with van der Waals surface area (Å²) in [6.07, 6.45) is 7.27. The zero-order chi connectivity index (χ0) is 27.0. The van der Waals surface area contributed by atoms with E-state index in [4.69, 9.17) is 4.74 Å². The van der Waals surface area contributed by atoms with Crippen LogP contribution in [0.2, 0.25) is 0 Å². The number of piperidine rings is 1. The van der Waals surface area contributed by atoms with Crippen molar-refractivity contribution in [3.8, 4) is 5.75 Å². The predicted molar refractivity (Wildman–Crippen MR) is 159 cm³/mol. The van der Waals surface area contributed by atoms with E-state index < -0.39 is 0 Å². The number of carbonyl (C=O) groups excluding carboxylic acids is 1. The van der Waals surface area contributed by atoms with E-state index >= 15 is 0 Å². The number of hydrogen-bond donors (Lipinski definition) is 1. The maximum absolute atomic E-state index is 13.5. The van der Waals surface area contributed by atoms with Crippen LogP contribution in [-0.4, -0.2) is 49.7 Å². The van der Waals surface area contributed by atoms with Gasteiger partial charge in [-0.25, -0.2) is 0 Å². The summed E-state index contributed by atoms with van der Waals surface area (Å²) in [6, 6.07) is 23.3. The normalized spacial score (nSPS) is 28.7. The fourth-order valence-corrected chi connectivity index (χ4v) is 8.14. The second kappa shape index (κ2) is 10.6. The molecule has 39 heavy (non-hydrogen) atoms. The van der Waals surface area contributed by atoms with Gasteiger partial charge < -0.3 is 14.5 Å². The van der Waals surface area contributed by atoms with Gasteiger partial charge in [0.1, 0.15) is 5.75 Å². The third-order valence-electron chi connectivity index (χ3n) is 9.98. The monoisotopic (exact) mass is 525 g/mol. The van der Waals surface area contributed by atoms with Crippen LogP contribution >= 0.6 is 0 Å². The highest BCUT2D eigenvalue weighted by Crippen LogP contribution is 2.52. The first-order chi connectivity index (χ1) is 18.9. The van der Waals surface area contributed by atoms with Crippen molar-refractivity contribution in [1.29, 1.82) is 0 Å². The summed E-state index contributed by atoms with van der Waals surface area (Å²) in [6.45, 7) is 9.98. The number of rotatable bonds is 8. The first kappa shape index (κ1) is 26.4. The molecule has 2 aliphatic carbocycles. The Morgan fingerprint density at radius 1 is 1.00 bits per heavy atom. The van der Waals surface area contributed by atoms with Crippen LogP contribution in [0.5, 0.6) is 5.75 Å². The van der Waals surface area contributed by atoms with Crippen LogP contribution in [0.25, 0.3) is 10.8 Å². The van der Waals surface area contributed by atoms with Crippen LogP contribution < -0.4 is 10.1 Å². The number of carbonyl (C=O) groups is 1. The zero-order valence-electron chi connectivity index (χ0n) is 24.0. The molecular formula is C35H45N2O2+. The zero-order valence-corrected chi connectivity index (χ0v) is 24.0. The third kappa shape index (κ3) is 5.45. The van der Waals surface area contributed by atoms with Crippen LogP contribution in [0.15, 0.2) is 66.7 Å². The van der Waals surface area contributed by atoms with Gasteiger partial charge in [0.15, 0.2) is 0 Å². The molecule has 4 heteroatoms. The van der Waals surface area contributed by atoms with Gasteiger partial charge in [0.25, 0.3) is 5.91 Å². The average Bonchev–Trinajstić information content (AvgIpc) is 3.76. The van der Waals surface area contributed by atoms with Gasteiger partial charge in [0, 0.05) is 41.2 Å². The molecule has 0 bridgehead atoms. The Balaban J connectivity index is 1.27. The van der Waals surface area contributed by atoms with Crippen LogP contribution in [0.1, 0.15) is 68.3 Å². The fraction of sp³-hybridized carbons (Fsp3) is 0.514. The van der Waals surface area contributed by atoms with E-state index in [2.05, 4.69) is 61.6 Å². The highest BCUT2D eigenvalue weighted by molar-refractivity contribution is 5.98. The number of amides is 1. The molecule has 1 saturated heterocycles. The number of benzene rings is 3. The molecule has 206 valence electrons. The molecule has 1 heterocycles. The molecule has 4 nitrogen and oxygen atoms in total. The van der Waals surface area contributed by atoms with Crippen LogP contribution in [-0.2, 0) is 5.41 Å². The molecule has 1 aliphatic heterocycles. The van der Waals surface area contributed by atoms with Gasteiger partial charge in [-0.3, -0.25) is 4.79 Å². The number of likely N-dealkylation sites (tertiary alicyclic amines) is 1. The van der Waals surface area contributed by atoms with Crippen LogP contribution in [0.4, 0.5) is 0 Å². The molecule has 3 aromatic rings. The molecule has 0 spiro atoms. The van der Waals surface area contributed by atoms with Crippen molar-refractivity contribution in [2.45, 2.75) is 63.8 Å². The minimum Gasteiger partial charge on any atom is -0.497 e. The Labute approximate surface area is 234 Å². The van der Waals surface area contributed by atoms with Crippen molar-refractivity contribution >= 4 is 16.7 Å². The van der Waals surface area contributed by atoms with Crippen molar-refractivity contribution in [2.75, 3.05) is 33.3 Å². The standard InChI is InChI=1S/C35H44N2O2/c1-25(2)22-37(23-26-11-12-26)18-17-35(30-9-6-10-33(20-30)39-3)21-32(16-15-31(35)24-37)36-34(38)29-14-13-27-7-4-5-8-28(27)19-29/h4-10,13-14,19-20,25-26,31-32H,11-12,15-18,21-24H2,1-3H3/p+1/t31?,32-,35-,37+/m1/s1. The Hall–Kier alpha value is -2.85. The maximum Gasteiger partial charge on any atom is 0.251 e. The fourth-order valence-electron chi connectivity index (χ4n) is 8.14. The molecule has 6 rings (SSSR count). The third-order valence-corrected chi connectivity index (χ3v) is 9.98. The van der Waals surface area contributed by atoms with E-state index in [-0.39, 0.29) is 17.4 Å². The first-order valence-electron chi connectivity index (χ1n) is 15.2. The van der Waals surface area contributed by atoms with Crippen molar-refractivity contribution in [3.05, 3.63) is 77.9 Å². The van der Waals surface area contributed by atoms with Crippen molar-refractivity contribution < 1.29 is 14.0 Å². The molecule has 1 amide bonds. The molecule has 0 aromatic heterocycles. The lowest BCUT2D eigenvalue weighted by molar-refractivity contribution is -0.942. The second-order valence-corrected chi connectivity index (χ2v) is 13.3. The second-order valence-electron chi connectivity index (χ2n) is 13.3. The minimum atomic E-state index is 0.0551. The van der Waals surface area contributed by atoms with E-state index in [1.807, 2.05) is 24.3 Å². The SMILES string of the molecule is COc1cccc([C@]23CC[N@+](CC(C)C)(CC4CC4)CC2CC[C@@H](NC(=O)c2ccc4ccccc4c2)C3)c1. The van der Waals surface area contributed by atoms with Gasteiger partial charge in [0.2, 0.25) is 0 Å². The van der Waals surface area contributed by atoms with Crippen molar-refractivity contribution in [1.82, 2.24) is 5.32 Å². The topological polar surface area (TPSA) is 38.3 Å². The Bertz CT molecular complexity index is 1320. The van der Waals surface area contributed by atoms with E-state index in [0.717, 1.165) is 35.5 Å². The predicted octanol–water partition coefficient (Wildman–Crippen LogP) is 6.97. The molecule has 3 fully saturated rings. The van der Waals surface area contributed by atoms with E-state index in [1.165, 1.54) is 67.3 Å². The molecule has 1 N–H and O–H groups in total. The maximum atomic E-state index is 13.5. The van der Waals surface area contributed by atoms with E-state index in [9.17, 15) is 4.79 Å².